The van der Waals surface area contributed by atoms with E-state index in [9.17, 15) is 9.18 Å². The highest BCUT2D eigenvalue weighted by molar-refractivity contribution is 6.31. The molecule has 1 atom stereocenters. The summed E-state index contributed by atoms with van der Waals surface area (Å²) in [6, 6.07) is 4.21. The lowest BCUT2D eigenvalue weighted by Crippen LogP contribution is -2.34. The molecule has 0 aliphatic heterocycles. The molecule has 1 aliphatic rings. The van der Waals surface area contributed by atoms with Crippen molar-refractivity contribution in [3.63, 3.8) is 0 Å². The van der Waals surface area contributed by atoms with Crippen LogP contribution in [0.1, 0.15) is 45.1 Å². The summed E-state index contributed by atoms with van der Waals surface area (Å²) in [5.74, 6) is -0.0760. The van der Waals surface area contributed by atoms with E-state index < -0.39 is 0 Å². The molecule has 1 aromatic rings. The Labute approximate surface area is 119 Å². The van der Waals surface area contributed by atoms with Gasteiger partial charge in [-0.1, -0.05) is 38.3 Å². The Balaban J connectivity index is 2.14. The van der Waals surface area contributed by atoms with E-state index in [1.54, 1.807) is 0 Å². The zero-order chi connectivity index (χ0) is 14.0. The predicted octanol–water partition coefficient (Wildman–Crippen LogP) is 4.81. The normalized spacial score (nSPS) is 22.2. The van der Waals surface area contributed by atoms with Gasteiger partial charge in [0, 0.05) is 17.4 Å². The number of rotatable bonds is 3. The van der Waals surface area contributed by atoms with Crippen molar-refractivity contribution in [1.29, 1.82) is 0 Å². The summed E-state index contributed by atoms with van der Waals surface area (Å²) in [7, 11) is 0. The number of hydrogen-bond acceptors (Lipinski definition) is 1. The molecule has 0 heterocycles. The average Bonchev–Trinajstić information content (AvgIpc) is 2.33. The molecule has 0 spiro atoms. The van der Waals surface area contributed by atoms with Crippen molar-refractivity contribution in [2.45, 2.75) is 46.0 Å². The van der Waals surface area contributed by atoms with E-state index >= 15 is 0 Å². The number of benzene rings is 1. The van der Waals surface area contributed by atoms with Gasteiger partial charge in [-0.15, -0.1) is 0 Å². The molecule has 2 rings (SSSR count). The maximum absolute atomic E-state index is 13.2. The number of carbonyl (C=O) groups is 1. The Bertz CT molecular complexity index is 482. The van der Waals surface area contributed by atoms with Crippen LogP contribution < -0.4 is 0 Å². The highest BCUT2D eigenvalue weighted by Gasteiger charge is 2.36. The SMILES string of the molecule is CC1(C)CCCCC1C(=O)Cc1cc(F)ccc1Cl. The summed E-state index contributed by atoms with van der Waals surface area (Å²) in [5.41, 5.74) is 0.655. The zero-order valence-corrected chi connectivity index (χ0v) is 12.3. The van der Waals surface area contributed by atoms with Crippen LogP contribution >= 0.6 is 11.6 Å². The minimum atomic E-state index is -0.338. The van der Waals surface area contributed by atoms with Gasteiger partial charge in [-0.05, 0) is 42.0 Å². The van der Waals surface area contributed by atoms with Crippen molar-refractivity contribution in [2.75, 3.05) is 0 Å². The van der Waals surface area contributed by atoms with E-state index in [2.05, 4.69) is 13.8 Å². The Hall–Kier alpha value is -0.890. The van der Waals surface area contributed by atoms with Gasteiger partial charge in [0.2, 0.25) is 0 Å². The number of carbonyl (C=O) groups excluding carboxylic acids is 1. The van der Waals surface area contributed by atoms with Gasteiger partial charge in [-0.3, -0.25) is 4.79 Å². The Morgan fingerprint density at radius 3 is 2.84 bits per heavy atom. The fourth-order valence-corrected chi connectivity index (χ4v) is 3.26. The van der Waals surface area contributed by atoms with Crippen molar-refractivity contribution in [3.8, 4) is 0 Å². The second-order valence-corrected chi connectivity index (χ2v) is 6.57. The van der Waals surface area contributed by atoms with Crippen LogP contribution in [0, 0.1) is 17.2 Å². The molecule has 0 radical (unpaired) electrons. The van der Waals surface area contributed by atoms with Gasteiger partial charge >= 0.3 is 0 Å². The van der Waals surface area contributed by atoms with E-state index in [1.165, 1.54) is 24.6 Å². The Morgan fingerprint density at radius 1 is 1.42 bits per heavy atom. The topological polar surface area (TPSA) is 17.1 Å². The molecule has 0 bridgehead atoms. The third-order valence-electron chi connectivity index (χ3n) is 4.27. The maximum atomic E-state index is 13.2. The molecule has 0 aromatic heterocycles. The molecule has 1 aromatic carbocycles. The molecule has 19 heavy (non-hydrogen) atoms. The molecule has 3 heteroatoms. The van der Waals surface area contributed by atoms with Crippen LogP contribution in [0.15, 0.2) is 18.2 Å². The van der Waals surface area contributed by atoms with Crippen molar-refractivity contribution >= 4 is 17.4 Å². The molecule has 0 saturated heterocycles. The summed E-state index contributed by atoms with van der Waals surface area (Å²) in [4.78, 5) is 12.5. The van der Waals surface area contributed by atoms with Gasteiger partial charge < -0.3 is 0 Å². The largest absolute Gasteiger partial charge is 0.299 e. The van der Waals surface area contributed by atoms with Gasteiger partial charge in [-0.25, -0.2) is 4.39 Å². The molecule has 1 fully saturated rings. The third kappa shape index (κ3) is 3.36. The molecular weight excluding hydrogens is 263 g/mol. The van der Waals surface area contributed by atoms with Crippen LogP contribution in [0.2, 0.25) is 5.02 Å². The van der Waals surface area contributed by atoms with Crippen molar-refractivity contribution in [3.05, 3.63) is 34.6 Å². The minimum absolute atomic E-state index is 0.0507. The smallest absolute Gasteiger partial charge is 0.140 e. The first-order valence-electron chi connectivity index (χ1n) is 6.87. The highest BCUT2D eigenvalue weighted by Crippen LogP contribution is 2.41. The lowest BCUT2D eigenvalue weighted by atomic mass is 9.66. The second-order valence-electron chi connectivity index (χ2n) is 6.17. The molecular formula is C16H20ClFO. The summed E-state index contributed by atoms with van der Waals surface area (Å²) >= 11 is 6.03. The highest BCUT2D eigenvalue weighted by atomic mass is 35.5. The van der Waals surface area contributed by atoms with Crippen molar-refractivity contribution < 1.29 is 9.18 Å². The van der Waals surface area contributed by atoms with Crippen LogP contribution in [0.3, 0.4) is 0 Å². The predicted molar refractivity (Wildman–Crippen MR) is 75.9 cm³/mol. The number of Topliss-reactive ketones (excluding diaryl/α,β-unsaturated/α-hetero) is 1. The lowest BCUT2D eigenvalue weighted by Gasteiger charge is -2.37. The van der Waals surface area contributed by atoms with Crippen LogP contribution in [0.4, 0.5) is 4.39 Å². The van der Waals surface area contributed by atoms with Crippen molar-refractivity contribution in [1.82, 2.24) is 0 Å². The summed E-state index contributed by atoms with van der Waals surface area (Å²) in [5, 5.41) is 0.475. The Kier molecular flexibility index (Phi) is 4.29. The molecule has 0 N–H and O–H groups in total. The van der Waals surface area contributed by atoms with Crippen LogP contribution in [-0.4, -0.2) is 5.78 Å². The third-order valence-corrected chi connectivity index (χ3v) is 4.64. The molecule has 1 unspecified atom stereocenters. The number of hydrogen-bond donors (Lipinski definition) is 0. The summed E-state index contributed by atoms with van der Waals surface area (Å²) in [6.45, 7) is 4.31. The lowest BCUT2D eigenvalue weighted by molar-refractivity contribution is -0.127. The number of halogens is 2. The quantitative estimate of drug-likeness (QED) is 0.778. The van der Waals surface area contributed by atoms with E-state index in [0.717, 1.165) is 19.3 Å². The van der Waals surface area contributed by atoms with Crippen LogP contribution in [-0.2, 0) is 11.2 Å². The molecule has 1 nitrogen and oxygen atoms in total. The monoisotopic (exact) mass is 282 g/mol. The zero-order valence-electron chi connectivity index (χ0n) is 11.5. The van der Waals surface area contributed by atoms with E-state index in [-0.39, 0.29) is 29.4 Å². The maximum Gasteiger partial charge on any atom is 0.140 e. The standard InChI is InChI=1S/C16H20ClFO/c1-16(2)8-4-3-5-13(16)15(19)10-11-9-12(18)6-7-14(11)17/h6-7,9,13H,3-5,8,10H2,1-2H3. The molecule has 1 saturated carbocycles. The van der Waals surface area contributed by atoms with Gasteiger partial charge in [0.25, 0.3) is 0 Å². The molecule has 104 valence electrons. The summed E-state index contributed by atoms with van der Waals surface area (Å²) in [6.07, 6.45) is 4.57. The van der Waals surface area contributed by atoms with E-state index in [0.29, 0.717) is 10.6 Å². The molecule has 1 aliphatic carbocycles. The summed E-state index contributed by atoms with van der Waals surface area (Å²) < 4.78 is 13.2. The second kappa shape index (κ2) is 5.62. The van der Waals surface area contributed by atoms with Crippen LogP contribution in [0.5, 0.6) is 0 Å². The van der Waals surface area contributed by atoms with Crippen molar-refractivity contribution in [2.24, 2.45) is 11.3 Å². The fourth-order valence-electron chi connectivity index (χ4n) is 3.08. The molecule has 0 amide bonds. The van der Waals surface area contributed by atoms with Gasteiger partial charge in [-0.2, -0.15) is 0 Å². The fraction of sp³-hybridized carbons (Fsp3) is 0.562. The first kappa shape index (κ1) is 14.5. The first-order valence-corrected chi connectivity index (χ1v) is 7.24. The average molecular weight is 283 g/mol. The minimum Gasteiger partial charge on any atom is -0.299 e. The van der Waals surface area contributed by atoms with Crippen LogP contribution in [0.25, 0.3) is 0 Å². The van der Waals surface area contributed by atoms with E-state index in [1.807, 2.05) is 0 Å². The first-order chi connectivity index (χ1) is 8.90. The van der Waals surface area contributed by atoms with Gasteiger partial charge in [0.15, 0.2) is 0 Å². The van der Waals surface area contributed by atoms with Gasteiger partial charge in [0.05, 0.1) is 0 Å². The van der Waals surface area contributed by atoms with E-state index in [4.69, 9.17) is 11.6 Å². The van der Waals surface area contributed by atoms with Gasteiger partial charge in [0.1, 0.15) is 11.6 Å². The Morgan fingerprint density at radius 2 is 2.16 bits per heavy atom. The number of ketones is 1.